The molecule has 0 unspecified atom stereocenters. The number of hydrogen-bond donors (Lipinski definition) is 1. The van der Waals surface area contributed by atoms with Crippen molar-refractivity contribution in [2.45, 2.75) is 32.6 Å². The summed E-state index contributed by atoms with van der Waals surface area (Å²) in [6.07, 6.45) is 1.82. The molecule has 1 heterocycles. The van der Waals surface area contributed by atoms with Crippen LogP contribution in [0.3, 0.4) is 0 Å². The summed E-state index contributed by atoms with van der Waals surface area (Å²) in [4.78, 5) is 17.2. The van der Waals surface area contributed by atoms with Gasteiger partial charge in [-0.3, -0.25) is 4.79 Å². The smallest absolute Gasteiger partial charge is 0.231 e. The van der Waals surface area contributed by atoms with Crippen LogP contribution in [0.2, 0.25) is 0 Å². The number of hydrogen-bond acceptors (Lipinski definition) is 3. The highest BCUT2D eigenvalue weighted by Gasteiger charge is 2.19. The number of amides is 1. The summed E-state index contributed by atoms with van der Waals surface area (Å²) in [7, 11) is 0. The van der Waals surface area contributed by atoms with E-state index in [9.17, 15) is 4.79 Å². The molecule has 4 heteroatoms. The molecule has 118 valence electrons. The van der Waals surface area contributed by atoms with Gasteiger partial charge in [-0.1, -0.05) is 43.7 Å². The number of aromatic nitrogens is 1. The van der Waals surface area contributed by atoms with Crippen LogP contribution in [0.1, 0.15) is 36.3 Å². The minimum atomic E-state index is -0.111. The standard InChI is InChI=1S/C19H20N2OS/c1-3-7-16(14-8-5-4-6-9-14)19(22)21-15-10-11-17-18(12-15)23-13(2)20-17/h4-6,8-12,16H,3,7H2,1-2H3,(H,21,22)/t16-/m0/s1. The molecule has 1 N–H and O–H groups in total. The predicted molar refractivity (Wildman–Crippen MR) is 97.1 cm³/mol. The number of nitrogens with one attached hydrogen (secondary N) is 1. The SMILES string of the molecule is CCC[C@H](C(=O)Nc1ccc2nc(C)sc2c1)c1ccccc1. The topological polar surface area (TPSA) is 42.0 Å². The van der Waals surface area contributed by atoms with Crippen LogP contribution in [0.5, 0.6) is 0 Å². The van der Waals surface area contributed by atoms with Crippen LogP contribution in [0.25, 0.3) is 10.2 Å². The molecule has 0 fully saturated rings. The quantitative estimate of drug-likeness (QED) is 0.707. The van der Waals surface area contributed by atoms with E-state index in [1.54, 1.807) is 11.3 Å². The van der Waals surface area contributed by atoms with E-state index in [4.69, 9.17) is 0 Å². The number of rotatable bonds is 5. The van der Waals surface area contributed by atoms with Gasteiger partial charge in [-0.05, 0) is 37.1 Å². The van der Waals surface area contributed by atoms with E-state index in [0.29, 0.717) is 0 Å². The number of carbonyl (C=O) groups excluding carboxylic acids is 1. The molecule has 2 aromatic carbocycles. The Hall–Kier alpha value is -2.20. The fourth-order valence-corrected chi connectivity index (χ4v) is 3.64. The molecule has 0 spiro atoms. The van der Waals surface area contributed by atoms with E-state index in [1.807, 2.05) is 55.5 Å². The summed E-state index contributed by atoms with van der Waals surface area (Å²) >= 11 is 1.65. The normalized spacial score (nSPS) is 12.3. The minimum Gasteiger partial charge on any atom is -0.326 e. The van der Waals surface area contributed by atoms with E-state index in [2.05, 4.69) is 17.2 Å². The van der Waals surface area contributed by atoms with Crippen LogP contribution >= 0.6 is 11.3 Å². The monoisotopic (exact) mass is 324 g/mol. The molecular formula is C19H20N2OS. The van der Waals surface area contributed by atoms with Gasteiger partial charge in [-0.2, -0.15) is 0 Å². The Labute approximate surface area is 140 Å². The average molecular weight is 324 g/mol. The Bertz CT molecular complexity index is 811. The van der Waals surface area contributed by atoms with Gasteiger partial charge in [0.05, 0.1) is 21.1 Å². The van der Waals surface area contributed by atoms with Gasteiger partial charge < -0.3 is 5.32 Å². The number of aryl methyl sites for hydroxylation is 1. The number of carbonyl (C=O) groups is 1. The lowest BCUT2D eigenvalue weighted by Gasteiger charge is -2.16. The maximum absolute atomic E-state index is 12.7. The van der Waals surface area contributed by atoms with Gasteiger partial charge in [0.1, 0.15) is 0 Å². The molecule has 3 aromatic rings. The van der Waals surface area contributed by atoms with Crippen molar-refractivity contribution >= 4 is 33.1 Å². The van der Waals surface area contributed by atoms with Crippen LogP contribution < -0.4 is 5.32 Å². The molecule has 0 saturated heterocycles. The summed E-state index contributed by atoms with van der Waals surface area (Å²) < 4.78 is 1.10. The average Bonchev–Trinajstić information content (AvgIpc) is 2.92. The Morgan fingerprint density at radius 1 is 1.22 bits per heavy atom. The third kappa shape index (κ3) is 3.59. The van der Waals surface area contributed by atoms with Crippen molar-refractivity contribution < 1.29 is 4.79 Å². The van der Waals surface area contributed by atoms with Crippen molar-refractivity contribution in [1.29, 1.82) is 0 Å². The third-order valence-corrected chi connectivity index (χ3v) is 4.79. The van der Waals surface area contributed by atoms with Crippen LogP contribution in [-0.4, -0.2) is 10.9 Å². The van der Waals surface area contributed by atoms with E-state index in [1.165, 1.54) is 0 Å². The van der Waals surface area contributed by atoms with Crippen molar-refractivity contribution in [3.05, 3.63) is 59.1 Å². The Morgan fingerprint density at radius 3 is 2.74 bits per heavy atom. The molecule has 3 nitrogen and oxygen atoms in total. The Morgan fingerprint density at radius 2 is 2.00 bits per heavy atom. The van der Waals surface area contributed by atoms with Gasteiger partial charge in [-0.25, -0.2) is 4.98 Å². The maximum Gasteiger partial charge on any atom is 0.231 e. The Balaban J connectivity index is 1.82. The summed E-state index contributed by atoms with van der Waals surface area (Å²) in [5.74, 6) is -0.0567. The fraction of sp³-hybridized carbons (Fsp3) is 0.263. The van der Waals surface area contributed by atoms with Crippen molar-refractivity contribution in [1.82, 2.24) is 4.98 Å². The number of nitrogens with zero attached hydrogens (tertiary/aromatic N) is 1. The molecule has 3 rings (SSSR count). The zero-order valence-electron chi connectivity index (χ0n) is 13.4. The second-order valence-electron chi connectivity index (χ2n) is 5.66. The fourth-order valence-electron chi connectivity index (χ4n) is 2.77. The summed E-state index contributed by atoms with van der Waals surface area (Å²) in [5, 5.41) is 4.11. The van der Waals surface area contributed by atoms with Crippen molar-refractivity contribution in [3.63, 3.8) is 0 Å². The molecule has 1 aromatic heterocycles. The van der Waals surface area contributed by atoms with Crippen LogP contribution in [0.15, 0.2) is 48.5 Å². The number of fused-ring (bicyclic) bond motifs is 1. The van der Waals surface area contributed by atoms with Gasteiger partial charge >= 0.3 is 0 Å². The second-order valence-corrected chi connectivity index (χ2v) is 6.89. The maximum atomic E-state index is 12.7. The second kappa shape index (κ2) is 6.92. The first-order valence-corrected chi connectivity index (χ1v) is 8.72. The number of anilines is 1. The molecule has 1 atom stereocenters. The number of benzene rings is 2. The van der Waals surface area contributed by atoms with E-state index < -0.39 is 0 Å². The number of thiazole rings is 1. The van der Waals surface area contributed by atoms with Gasteiger partial charge in [0.25, 0.3) is 0 Å². The summed E-state index contributed by atoms with van der Waals surface area (Å²) in [5.41, 5.74) is 2.89. The van der Waals surface area contributed by atoms with Gasteiger partial charge in [0, 0.05) is 5.69 Å². The highest BCUT2D eigenvalue weighted by atomic mass is 32.1. The molecule has 1 amide bonds. The summed E-state index contributed by atoms with van der Waals surface area (Å²) in [6, 6.07) is 15.9. The van der Waals surface area contributed by atoms with E-state index in [0.717, 1.165) is 39.3 Å². The highest BCUT2D eigenvalue weighted by Crippen LogP contribution is 2.27. The molecule has 0 bridgehead atoms. The molecule has 0 aliphatic heterocycles. The lowest BCUT2D eigenvalue weighted by Crippen LogP contribution is -2.21. The lowest BCUT2D eigenvalue weighted by atomic mass is 9.93. The molecule has 0 aliphatic rings. The van der Waals surface area contributed by atoms with Crippen molar-refractivity contribution in [2.24, 2.45) is 0 Å². The largest absolute Gasteiger partial charge is 0.326 e. The Kier molecular flexibility index (Phi) is 4.72. The van der Waals surface area contributed by atoms with Crippen molar-refractivity contribution in [3.8, 4) is 0 Å². The third-order valence-electron chi connectivity index (χ3n) is 3.86. The van der Waals surface area contributed by atoms with Gasteiger partial charge in [0.2, 0.25) is 5.91 Å². The van der Waals surface area contributed by atoms with Crippen molar-refractivity contribution in [2.75, 3.05) is 5.32 Å². The van der Waals surface area contributed by atoms with Crippen LogP contribution in [-0.2, 0) is 4.79 Å². The van der Waals surface area contributed by atoms with E-state index in [-0.39, 0.29) is 11.8 Å². The molecule has 0 saturated carbocycles. The van der Waals surface area contributed by atoms with Gasteiger partial charge in [-0.15, -0.1) is 11.3 Å². The lowest BCUT2D eigenvalue weighted by molar-refractivity contribution is -0.117. The predicted octanol–water partition coefficient (Wildman–Crippen LogP) is 5.13. The van der Waals surface area contributed by atoms with Crippen LogP contribution in [0.4, 0.5) is 5.69 Å². The zero-order valence-corrected chi connectivity index (χ0v) is 14.2. The molecule has 0 aliphatic carbocycles. The highest BCUT2D eigenvalue weighted by molar-refractivity contribution is 7.18. The first-order valence-electron chi connectivity index (χ1n) is 7.90. The molecule has 23 heavy (non-hydrogen) atoms. The first-order chi connectivity index (χ1) is 11.2. The first kappa shape index (κ1) is 15.7. The zero-order chi connectivity index (χ0) is 16.2. The van der Waals surface area contributed by atoms with E-state index >= 15 is 0 Å². The minimum absolute atomic E-state index is 0.0543. The van der Waals surface area contributed by atoms with Crippen LogP contribution in [0, 0.1) is 6.92 Å². The molecule has 0 radical (unpaired) electrons. The van der Waals surface area contributed by atoms with Gasteiger partial charge in [0.15, 0.2) is 0 Å². The molecular weight excluding hydrogens is 304 g/mol. The summed E-state index contributed by atoms with van der Waals surface area (Å²) in [6.45, 7) is 4.10.